The van der Waals surface area contributed by atoms with Crippen LogP contribution in [-0.4, -0.2) is 24.9 Å². The van der Waals surface area contributed by atoms with Gasteiger partial charge in [-0.3, -0.25) is 0 Å². The molecule has 0 saturated carbocycles. The quantitative estimate of drug-likeness (QED) is 0.813. The van der Waals surface area contributed by atoms with Gasteiger partial charge in [0.05, 0.1) is 13.2 Å². The van der Waals surface area contributed by atoms with Gasteiger partial charge in [-0.1, -0.05) is 37.3 Å². The van der Waals surface area contributed by atoms with Crippen LogP contribution >= 0.6 is 0 Å². The summed E-state index contributed by atoms with van der Waals surface area (Å²) in [6.07, 6.45) is 0. The molecule has 0 unspecified atom stereocenters. The molecule has 2 atom stereocenters. The molecule has 2 rings (SSSR count). The summed E-state index contributed by atoms with van der Waals surface area (Å²) in [5.74, 6) is -3.10. The minimum atomic E-state index is -3.12. The third-order valence-corrected chi connectivity index (χ3v) is 3.82. The van der Waals surface area contributed by atoms with Crippen molar-refractivity contribution in [1.29, 1.82) is 0 Å². The number of nitrogens with one attached hydrogen (secondary N) is 1. The second-order valence-electron chi connectivity index (χ2n) is 5.50. The molecule has 0 aliphatic heterocycles. The van der Waals surface area contributed by atoms with Crippen LogP contribution < -0.4 is 10.1 Å². The van der Waals surface area contributed by atoms with Crippen LogP contribution in [0.5, 0.6) is 5.75 Å². The number of hydrogen-bond donors (Lipinski definition) is 2. The lowest BCUT2D eigenvalue weighted by molar-refractivity contribution is -0.0460. The van der Waals surface area contributed by atoms with E-state index in [2.05, 4.69) is 5.32 Å². The predicted molar refractivity (Wildman–Crippen MR) is 87.0 cm³/mol. The normalized spacial score (nSPS) is 14.1. The summed E-state index contributed by atoms with van der Waals surface area (Å²) in [4.78, 5) is 0. The fourth-order valence-corrected chi connectivity index (χ4v) is 2.40. The minimum absolute atomic E-state index is 0.0775. The van der Waals surface area contributed by atoms with Gasteiger partial charge in [0.15, 0.2) is 0 Å². The Hall–Kier alpha value is -2.14. The molecule has 0 aliphatic rings. The molecule has 0 amide bonds. The molecule has 2 aromatic carbocycles. The van der Waals surface area contributed by atoms with Gasteiger partial charge in [-0.2, -0.15) is 8.78 Å². The van der Waals surface area contributed by atoms with Gasteiger partial charge in [0.25, 0.3) is 5.92 Å². The molecule has 5 heteroatoms. The van der Waals surface area contributed by atoms with Gasteiger partial charge < -0.3 is 15.2 Å². The Bertz CT molecular complexity index is 602. The summed E-state index contributed by atoms with van der Waals surface area (Å²) < 4.78 is 34.8. The van der Waals surface area contributed by atoms with Crippen LogP contribution in [-0.2, 0) is 5.92 Å². The highest BCUT2D eigenvalue weighted by Crippen LogP contribution is 2.37. The Labute approximate surface area is 134 Å². The van der Waals surface area contributed by atoms with Crippen molar-refractivity contribution in [2.45, 2.75) is 18.9 Å². The lowest BCUT2D eigenvalue weighted by atomic mass is 9.91. The second-order valence-corrected chi connectivity index (χ2v) is 5.50. The Morgan fingerprint density at radius 2 is 1.70 bits per heavy atom. The zero-order chi connectivity index (χ0) is 16.9. The fourth-order valence-electron chi connectivity index (χ4n) is 2.40. The largest absolute Gasteiger partial charge is 0.497 e. The van der Waals surface area contributed by atoms with Crippen LogP contribution in [0.3, 0.4) is 0 Å². The highest BCUT2D eigenvalue weighted by Gasteiger charge is 2.44. The molecule has 2 N–H and O–H groups in total. The summed E-state index contributed by atoms with van der Waals surface area (Å²) in [7, 11) is 1.54. The van der Waals surface area contributed by atoms with Crippen molar-refractivity contribution < 1.29 is 18.6 Å². The number of anilines is 1. The first-order valence-corrected chi connectivity index (χ1v) is 7.43. The number of rotatable bonds is 7. The number of halogens is 2. The van der Waals surface area contributed by atoms with Crippen molar-refractivity contribution >= 4 is 5.69 Å². The number of alkyl halides is 2. The molecule has 0 saturated heterocycles. The average molecular weight is 321 g/mol. The van der Waals surface area contributed by atoms with Gasteiger partial charge in [-0.05, 0) is 24.3 Å². The first-order valence-electron chi connectivity index (χ1n) is 7.43. The lowest BCUT2D eigenvalue weighted by Crippen LogP contribution is -2.43. The summed E-state index contributed by atoms with van der Waals surface area (Å²) >= 11 is 0. The van der Waals surface area contributed by atoms with E-state index in [9.17, 15) is 13.9 Å². The third-order valence-electron chi connectivity index (χ3n) is 3.82. The second kappa shape index (κ2) is 7.42. The van der Waals surface area contributed by atoms with Crippen molar-refractivity contribution in [3.8, 4) is 5.75 Å². The zero-order valence-electron chi connectivity index (χ0n) is 13.2. The van der Waals surface area contributed by atoms with Crippen LogP contribution in [0.2, 0.25) is 0 Å². The number of aliphatic hydroxyl groups is 1. The molecule has 124 valence electrons. The van der Waals surface area contributed by atoms with Crippen molar-refractivity contribution in [2.24, 2.45) is 5.92 Å². The number of aliphatic hydroxyl groups excluding tert-OH is 1. The standard InChI is InChI=1S/C18H21F2NO2/c1-13(12-22)17(18(19,20)14-6-4-3-5-7-14)21-15-8-10-16(23-2)11-9-15/h3-11,13,17,21-22H,12H2,1-2H3/t13-,17+/m1/s1. The monoisotopic (exact) mass is 321 g/mol. The topological polar surface area (TPSA) is 41.5 Å². The molecule has 0 heterocycles. The molecule has 0 aromatic heterocycles. The fraction of sp³-hybridized carbons (Fsp3) is 0.333. The van der Waals surface area contributed by atoms with Crippen LogP contribution in [0.25, 0.3) is 0 Å². The predicted octanol–water partition coefficient (Wildman–Crippen LogP) is 3.90. The number of hydrogen-bond acceptors (Lipinski definition) is 3. The summed E-state index contributed by atoms with van der Waals surface area (Å²) in [5, 5.41) is 12.2. The Morgan fingerprint density at radius 1 is 1.09 bits per heavy atom. The smallest absolute Gasteiger partial charge is 0.293 e. The molecule has 23 heavy (non-hydrogen) atoms. The van der Waals surface area contributed by atoms with Crippen molar-refractivity contribution in [1.82, 2.24) is 0 Å². The zero-order valence-corrected chi connectivity index (χ0v) is 13.2. The highest BCUT2D eigenvalue weighted by molar-refractivity contribution is 5.48. The number of ether oxygens (including phenoxy) is 1. The van der Waals surface area contributed by atoms with Crippen molar-refractivity contribution in [2.75, 3.05) is 19.0 Å². The average Bonchev–Trinajstić information content (AvgIpc) is 2.60. The van der Waals surface area contributed by atoms with E-state index in [-0.39, 0.29) is 12.2 Å². The van der Waals surface area contributed by atoms with Crippen LogP contribution in [0.1, 0.15) is 12.5 Å². The van der Waals surface area contributed by atoms with Gasteiger partial charge in [-0.15, -0.1) is 0 Å². The molecule has 3 nitrogen and oxygen atoms in total. The van der Waals surface area contributed by atoms with E-state index in [1.165, 1.54) is 12.1 Å². The summed E-state index contributed by atoms with van der Waals surface area (Å²) in [5.41, 5.74) is 0.470. The molecule has 0 fully saturated rings. The lowest BCUT2D eigenvalue weighted by Gasteiger charge is -2.32. The molecule has 0 bridgehead atoms. The van der Waals surface area contributed by atoms with E-state index in [1.807, 2.05) is 0 Å². The van der Waals surface area contributed by atoms with Crippen LogP contribution in [0.4, 0.5) is 14.5 Å². The SMILES string of the molecule is COc1ccc(N[C@@H]([C@H](C)CO)C(F)(F)c2ccccc2)cc1. The molecule has 0 radical (unpaired) electrons. The highest BCUT2D eigenvalue weighted by atomic mass is 19.3. The third kappa shape index (κ3) is 3.99. The Balaban J connectivity index is 2.29. The minimum Gasteiger partial charge on any atom is -0.497 e. The maximum atomic E-state index is 14.9. The van der Waals surface area contributed by atoms with Crippen molar-refractivity contribution in [3.63, 3.8) is 0 Å². The molecule has 2 aromatic rings. The van der Waals surface area contributed by atoms with E-state index >= 15 is 0 Å². The van der Waals surface area contributed by atoms with E-state index < -0.39 is 17.9 Å². The maximum absolute atomic E-state index is 14.9. The summed E-state index contributed by atoms with van der Waals surface area (Å²) in [6.45, 7) is 1.26. The van der Waals surface area contributed by atoms with Gasteiger partial charge in [-0.25, -0.2) is 0 Å². The maximum Gasteiger partial charge on any atom is 0.293 e. The molecular weight excluding hydrogens is 300 g/mol. The Morgan fingerprint density at radius 3 is 2.22 bits per heavy atom. The number of methoxy groups -OCH3 is 1. The summed E-state index contributed by atoms with van der Waals surface area (Å²) in [6, 6.07) is 13.2. The van der Waals surface area contributed by atoms with Crippen molar-refractivity contribution in [3.05, 3.63) is 60.2 Å². The van der Waals surface area contributed by atoms with Gasteiger partial charge in [0.2, 0.25) is 0 Å². The molecule has 0 spiro atoms. The van der Waals surface area contributed by atoms with Gasteiger partial charge in [0, 0.05) is 23.8 Å². The van der Waals surface area contributed by atoms with Gasteiger partial charge >= 0.3 is 0 Å². The first-order chi connectivity index (χ1) is 11.0. The molecule has 0 aliphatic carbocycles. The van der Waals surface area contributed by atoms with Crippen LogP contribution in [0.15, 0.2) is 54.6 Å². The first kappa shape index (κ1) is 17.2. The Kier molecular flexibility index (Phi) is 5.55. The van der Waals surface area contributed by atoms with Crippen LogP contribution in [0, 0.1) is 5.92 Å². The van der Waals surface area contributed by atoms with E-state index in [4.69, 9.17) is 4.74 Å². The van der Waals surface area contributed by atoms with E-state index in [0.717, 1.165) is 0 Å². The van der Waals surface area contributed by atoms with E-state index in [0.29, 0.717) is 11.4 Å². The number of benzene rings is 2. The van der Waals surface area contributed by atoms with Gasteiger partial charge in [0.1, 0.15) is 5.75 Å². The molecular formula is C18H21F2NO2. The van der Waals surface area contributed by atoms with E-state index in [1.54, 1.807) is 56.5 Å².